The average Bonchev–Trinajstić information content (AvgIpc) is 3.00. The lowest BCUT2D eigenvalue weighted by molar-refractivity contribution is 0.454. The van der Waals surface area contributed by atoms with E-state index in [1.54, 1.807) is 24.3 Å². The molecule has 0 aliphatic heterocycles. The number of aromatic hydroxyl groups is 2. The zero-order chi connectivity index (χ0) is 29.4. The summed E-state index contributed by atoms with van der Waals surface area (Å²) in [7, 11) is 0. The van der Waals surface area contributed by atoms with Crippen LogP contribution in [0.1, 0.15) is 11.1 Å². The molecule has 0 saturated carbocycles. The summed E-state index contributed by atoms with van der Waals surface area (Å²) in [6, 6.07) is 25.1. The van der Waals surface area contributed by atoms with E-state index in [1.807, 2.05) is 60.7 Å². The number of phenolic OH excluding ortho intramolecular Hbond substituents is 2. The van der Waals surface area contributed by atoms with Crippen LogP contribution in [0.5, 0.6) is 34.5 Å². The van der Waals surface area contributed by atoms with E-state index in [4.69, 9.17) is 33.8 Å². The van der Waals surface area contributed by atoms with Crippen LogP contribution in [0.3, 0.4) is 0 Å². The summed E-state index contributed by atoms with van der Waals surface area (Å²) in [6.07, 6.45) is 16.0. The van der Waals surface area contributed by atoms with Gasteiger partial charge in [-0.3, -0.25) is 0 Å². The second-order valence-electron chi connectivity index (χ2n) is 10.1. The molecule has 5 aromatic carbocycles. The van der Waals surface area contributed by atoms with Gasteiger partial charge in [0.15, 0.2) is 0 Å². The first-order chi connectivity index (χ1) is 20.3. The molecule has 0 bridgehead atoms. The van der Waals surface area contributed by atoms with E-state index in [0.717, 1.165) is 33.0 Å². The lowest BCUT2D eigenvalue weighted by atomic mass is 9.75. The highest BCUT2D eigenvalue weighted by Crippen LogP contribution is 2.49. The molecule has 0 spiro atoms. The number of allylic oxidation sites excluding steroid dienone is 1. The molecule has 0 aromatic heterocycles. The van der Waals surface area contributed by atoms with Crippen molar-refractivity contribution in [2.75, 3.05) is 11.5 Å². The van der Waals surface area contributed by atoms with Crippen LogP contribution in [-0.2, 0) is 6.42 Å². The van der Waals surface area contributed by atoms with Crippen LogP contribution in [0.15, 0.2) is 91.0 Å². The van der Waals surface area contributed by atoms with Crippen LogP contribution in [0.4, 0.5) is 11.4 Å². The first kappa shape index (κ1) is 26.3. The van der Waals surface area contributed by atoms with Crippen molar-refractivity contribution in [1.29, 1.82) is 0 Å². The van der Waals surface area contributed by atoms with Crippen molar-refractivity contribution in [2.24, 2.45) is 5.41 Å². The molecule has 5 aromatic rings. The summed E-state index contributed by atoms with van der Waals surface area (Å²) in [6.45, 7) is 0. The molecule has 6 rings (SSSR count). The number of rotatable bonds is 5. The maximum absolute atomic E-state index is 10.3. The van der Waals surface area contributed by atoms with Crippen molar-refractivity contribution >= 4 is 28.2 Å². The Morgan fingerprint density at radius 1 is 0.714 bits per heavy atom. The van der Waals surface area contributed by atoms with Gasteiger partial charge in [0.05, 0.1) is 11.4 Å². The van der Waals surface area contributed by atoms with E-state index in [2.05, 4.69) is 11.8 Å². The Balaban J connectivity index is 1.63. The number of phenols is 2. The average molecular weight is 551 g/mol. The van der Waals surface area contributed by atoms with E-state index in [-0.39, 0.29) is 22.9 Å². The highest BCUT2D eigenvalue weighted by molar-refractivity contribution is 6.04. The lowest BCUT2D eigenvalue weighted by Gasteiger charge is -2.28. The number of anilines is 2. The molecule has 0 unspecified atom stereocenters. The van der Waals surface area contributed by atoms with E-state index in [0.29, 0.717) is 29.4 Å². The third-order valence-electron chi connectivity index (χ3n) is 7.42. The Hall–Kier alpha value is -5.98. The summed E-state index contributed by atoms with van der Waals surface area (Å²) < 4.78 is 12.8. The van der Waals surface area contributed by atoms with Gasteiger partial charge in [0.25, 0.3) is 0 Å². The van der Waals surface area contributed by atoms with Gasteiger partial charge in [-0.25, -0.2) is 0 Å². The molecule has 1 aliphatic carbocycles. The maximum atomic E-state index is 10.3. The summed E-state index contributed by atoms with van der Waals surface area (Å²) in [5, 5.41) is 22.4. The third-order valence-corrected chi connectivity index (χ3v) is 7.42. The Kier molecular flexibility index (Phi) is 6.38. The van der Waals surface area contributed by atoms with Crippen molar-refractivity contribution in [3.63, 3.8) is 0 Å². The summed E-state index contributed by atoms with van der Waals surface area (Å²) in [5.74, 6) is 7.20. The van der Waals surface area contributed by atoms with E-state index in [9.17, 15) is 10.2 Å². The maximum Gasteiger partial charge on any atom is 0.142 e. The molecule has 0 saturated heterocycles. The summed E-state index contributed by atoms with van der Waals surface area (Å²) >= 11 is 0. The molecule has 0 radical (unpaired) electrons. The molecule has 6 heteroatoms. The fraction of sp³-hybridized carbons (Fsp3) is 0.0556. The zero-order valence-electron chi connectivity index (χ0n) is 22.5. The zero-order valence-corrected chi connectivity index (χ0v) is 22.5. The smallest absolute Gasteiger partial charge is 0.142 e. The number of benzene rings is 5. The quantitative estimate of drug-likeness (QED) is 0.103. The number of nitrogen functional groups attached to an aromatic ring is 2. The van der Waals surface area contributed by atoms with E-state index in [1.165, 1.54) is 12.1 Å². The SMILES string of the molecule is C#CC1(C#C)C=Cc2c(ccc(Oc3ccc(N)c(O)c3)c2-c2c(Oc3ccc(N)c(O)c3)ccc3ccccc23)C1. The van der Waals surface area contributed by atoms with Gasteiger partial charge in [-0.15, -0.1) is 12.8 Å². The van der Waals surface area contributed by atoms with Crippen molar-refractivity contribution in [1.82, 2.24) is 0 Å². The normalized spacial score (nSPS) is 13.1. The topological polar surface area (TPSA) is 111 Å². The van der Waals surface area contributed by atoms with Gasteiger partial charge in [0, 0.05) is 29.7 Å². The molecular weight excluding hydrogens is 524 g/mol. The Bertz CT molecular complexity index is 1980. The monoisotopic (exact) mass is 550 g/mol. The second kappa shape index (κ2) is 10.2. The molecule has 0 amide bonds. The minimum absolute atomic E-state index is 0.0815. The third kappa shape index (κ3) is 4.58. The molecule has 0 atom stereocenters. The first-order valence-electron chi connectivity index (χ1n) is 13.2. The summed E-state index contributed by atoms with van der Waals surface area (Å²) in [5.41, 5.74) is 14.6. The number of nitrogens with two attached hydrogens (primary N) is 2. The number of fused-ring (bicyclic) bond motifs is 2. The molecule has 6 nitrogen and oxygen atoms in total. The molecule has 0 fully saturated rings. The van der Waals surface area contributed by atoms with Crippen LogP contribution in [0, 0.1) is 30.1 Å². The largest absolute Gasteiger partial charge is 0.506 e. The van der Waals surface area contributed by atoms with Gasteiger partial charge in [-0.05, 0) is 58.3 Å². The van der Waals surface area contributed by atoms with Crippen LogP contribution in [0.2, 0.25) is 0 Å². The van der Waals surface area contributed by atoms with Gasteiger partial charge in [-0.2, -0.15) is 0 Å². The number of ether oxygens (including phenoxy) is 2. The molecule has 6 N–H and O–H groups in total. The summed E-state index contributed by atoms with van der Waals surface area (Å²) in [4.78, 5) is 0. The van der Waals surface area contributed by atoms with Crippen molar-refractivity contribution in [2.45, 2.75) is 6.42 Å². The fourth-order valence-electron chi connectivity index (χ4n) is 5.18. The molecule has 0 heterocycles. The first-order valence-corrected chi connectivity index (χ1v) is 13.2. The van der Waals surface area contributed by atoms with Gasteiger partial charge in [0.1, 0.15) is 39.9 Å². The van der Waals surface area contributed by atoms with Crippen LogP contribution in [-0.4, -0.2) is 10.2 Å². The molecular formula is C36H26N2O4. The van der Waals surface area contributed by atoms with E-state index >= 15 is 0 Å². The van der Waals surface area contributed by atoms with Gasteiger partial charge < -0.3 is 31.2 Å². The van der Waals surface area contributed by atoms with Crippen molar-refractivity contribution in [3.05, 3.63) is 102 Å². The van der Waals surface area contributed by atoms with Crippen molar-refractivity contribution in [3.8, 4) is 70.3 Å². The molecule has 1 aliphatic rings. The highest BCUT2D eigenvalue weighted by Gasteiger charge is 2.30. The Morgan fingerprint density at radius 3 is 1.93 bits per heavy atom. The van der Waals surface area contributed by atoms with Gasteiger partial charge in [-0.1, -0.05) is 60.4 Å². The van der Waals surface area contributed by atoms with E-state index < -0.39 is 5.41 Å². The van der Waals surface area contributed by atoms with Gasteiger partial charge in [0.2, 0.25) is 0 Å². The molecule has 42 heavy (non-hydrogen) atoms. The Morgan fingerprint density at radius 2 is 1.31 bits per heavy atom. The number of hydrogen-bond donors (Lipinski definition) is 4. The number of hydrogen-bond acceptors (Lipinski definition) is 6. The van der Waals surface area contributed by atoms with Gasteiger partial charge >= 0.3 is 0 Å². The minimum Gasteiger partial charge on any atom is -0.506 e. The van der Waals surface area contributed by atoms with Crippen LogP contribution in [0.25, 0.3) is 28.0 Å². The molecule has 204 valence electrons. The number of terminal acetylenes is 2. The van der Waals surface area contributed by atoms with Crippen LogP contribution >= 0.6 is 0 Å². The predicted molar refractivity (Wildman–Crippen MR) is 167 cm³/mol. The highest BCUT2D eigenvalue weighted by atomic mass is 16.5. The van der Waals surface area contributed by atoms with Crippen molar-refractivity contribution < 1.29 is 19.7 Å². The standard InChI is InChI=1S/C36H26N2O4/c1-3-36(4-2)18-17-27-23(21-36)10-16-33(42-25-12-14-29(38)31(40)20-25)35(27)34-26-8-6-5-7-22(26)9-15-32(34)41-24-11-13-28(37)30(39)19-24/h1-2,5-20,39-40H,21,37-38H2. The second-order valence-corrected chi connectivity index (χ2v) is 10.1. The Labute approximate surface area is 243 Å². The minimum atomic E-state index is -0.852. The predicted octanol–water partition coefficient (Wildman–Crippen LogP) is 7.49. The fourth-order valence-corrected chi connectivity index (χ4v) is 5.18. The lowest BCUT2D eigenvalue weighted by Crippen LogP contribution is -2.20. The van der Waals surface area contributed by atoms with Crippen LogP contribution < -0.4 is 20.9 Å².